The fraction of sp³-hybridized carbons (Fsp3) is 0.500. The number of benzene rings is 1. The first-order valence-corrected chi connectivity index (χ1v) is 11.3. The van der Waals surface area contributed by atoms with Gasteiger partial charge >= 0.3 is 5.97 Å². The van der Waals surface area contributed by atoms with E-state index in [0.29, 0.717) is 17.9 Å². The van der Waals surface area contributed by atoms with Crippen molar-refractivity contribution in [2.45, 2.75) is 32.2 Å². The van der Waals surface area contributed by atoms with Crippen LogP contribution in [-0.2, 0) is 19.1 Å². The van der Waals surface area contributed by atoms with E-state index >= 15 is 0 Å². The summed E-state index contributed by atoms with van der Waals surface area (Å²) < 4.78 is 10.5. The van der Waals surface area contributed by atoms with Gasteiger partial charge in [-0.3, -0.25) is 4.79 Å². The van der Waals surface area contributed by atoms with Crippen LogP contribution in [0.2, 0.25) is 0 Å². The van der Waals surface area contributed by atoms with Crippen molar-refractivity contribution in [3.05, 3.63) is 41.1 Å². The summed E-state index contributed by atoms with van der Waals surface area (Å²) in [4.78, 5) is 32.1. The lowest BCUT2D eigenvalue weighted by Gasteiger charge is -2.40. The third-order valence-electron chi connectivity index (χ3n) is 5.42. The Labute approximate surface area is 180 Å². The number of ether oxygens (including phenoxy) is 2. The van der Waals surface area contributed by atoms with Crippen LogP contribution in [0.15, 0.2) is 40.5 Å². The van der Waals surface area contributed by atoms with Crippen LogP contribution < -0.4 is 5.32 Å². The molecule has 1 unspecified atom stereocenters. The lowest BCUT2D eigenvalue weighted by molar-refractivity contribution is -0.141. The number of amides is 1. The van der Waals surface area contributed by atoms with Crippen molar-refractivity contribution in [3.8, 4) is 0 Å². The van der Waals surface area contributed by atoms with Gasteiger partial charge in [0.1, 0.15) is 6.61 Å². The first-order chi connectivity index (χ1) is 14.6. The van der Waals surface area contributed by atoms with Gasteiger partial charge < -0.3 is 19.7 Å². The highest BCUT2D eigenvalue weighted by Gasteiger charge is 2.38. The van der Waals surface area contributed by atoms with Gasteiger partial charge in [-0.25, -0.2) is 9.79 Å². The first-order valence-electron chi connectivity index (χ1n) is 10.3. The van der Waals surface area contributed by atoms with E-state index in [4.69, 9.17) is 14.5 Å². The number of fused-ring (bicyclic) bond motifs is 1. The van der Waals surface area contributed by atoms with E-state index in [2.05, 4.69) is 10.2 Å². The van der Waals surface area contributed by atoms with Gasteiger partial charge in [-0.2, -0.15) is 0 Å². The number of anilines is 1. The predicted octanol–water partition coefficient (Wildman–Crippen LogP) is 3.35. The molecule has 2 aliphatic heterocycles. The first kappa shape index (κ1) is 20.9. The van der Waals surface area contributed by atoms with E-state index < -0.39 is 0 Å². The molecule has 160 valence electrons. The molecule has 8 heteroatoms. The number of allylic oxidation sites excluding steroid dienone is 1. The topological polar surface area (TPSA) is 80.2 Å². The second kappa shape index (κ2) is 9.22. The van der Waals surface area contributed by atoms with Crippen LogP contribution in [-0.4, -0.2) is 54.6 Å². The fourth-order valence-electron chi connectivity index (χ4n) is 3.75. The average molecular weight is 430 g/mol. The SMILES string of the molecule is COCCOC(=O)C1=C(C)N=C2SCCCN2C1c1cccc(NC(=O)C2CC2)c1. The Balaban J connectivity index is 1.66. The molecule has 1 saturated carbocycles. The number of hydrogen-bond acceptors (Lipinski definition) is 7. The molecule has 3 aliphatic rings. The third-order valence-corrected chi connectivity index (χ3v) is 6.49. The molecule has 1 N–H and O–H groups in total. The van der Waals surface area contributed by atoms with Crippen molar-refractivity contribution in [1.29, 1.82) is 0 Å². The van der Waals surface area contributed by atoms with Crippen molar-refractivity contribution in [2.75, 3.05) is 37.9 Å². The van der Waals surface area contributed by atoms with Crippen LogP contribution in [0.25, 0.3) is 0 Å². The van der Waals surface area contributed by atoms with Crippen molar-refractivity contribution in [3.63, 3.8) is 0 Å². The van der Waals surface area contributed by atoms with Gasteiger partial charge in [0.05, 0.1) is 23.9 Å². The molecule has 0 radical (unpaired) electrons. The number of methoxy groups -OCH3 is 1. The lowest BCUT2D eigenvalue weighted by Crippen LogP contribution is -2.42. The fourth-order valence-corrected chi connectivity index (χ4v) is 4.77. The number of carbonyl (C=O) groups is 2. The second-order valence-corrected chi connectivity index (χ2v) is 8.77. The van der Waals surface area contributed by atoms with E-state index in [-0.39, 0.29) is 30.4 Å². The molecule has 2 fully saturated rings. The maximum atomic E-state index is 13.0. The number of aliphatic imine (C=N–C) groups is 1. The summed E-state index contributed by atoms with van der Waals surface area (Å²) in [6.45, 7) is 3.22. The van der Waals surface area contributed by atoms with Crippen LogP contribution in [0.3, 0.4) is 0 Å². The number of nitrogens with one attached hydrogen (secondary N) is 1. The van der Waals surface area contributed by atoms with E-state index in [1.165, 1.54) is 0 Å². The maximum Gasteiger partial charge on any atom is 0.338 e. The Bertz CT molecular complexity index is 894. The van der Waals surface area contributed by atoms with Crippen molar-refractivity contribution >= 4 is 34.5 Å². The Hall–Kier alpha value is -2.32. The molecular formula is C22H27N3O4S. The van der Waals surface area contributed by atoms with Gasteiger partial charge in [0.15, 0.2) is 5.17 Å². The molecule has 1 aromatic carbocycles. The molecule has 7 nitrogen and oxygen atoms in total. The van der Waals surface area contributed by atoms with Gasteiger partial charge in [0.25, 0.3) is 0 Å². The van der Waals surface area contributed by atoms with E-state index in [9.17, 15) is 9.59 Å². The van der Waals surface area contributed by atoms with Crippen molar-refractivity contribution < 1.29 is 19.1 Å². The Morgan fingerprint density at radius 1 is 1.30 bits per heavy atom. The number of thioether (sulfide) groups is 1. The molecule has 30 heavy (non-hydrogen) atoms. The van der Waals surface area contributed by atoms with Crippen molar-refractivity contribution in [2.24, 2.45) is 10.9 Å². The van der Waals surface area contributed by atoms with Gasteiger partial charge in [-0.1, -0.05) is 23.9 Å². The highest BCUT2D eigenvalue weighted by atomic mass is 32.2. The number of hydrogen-bond donors (Lipinski definition) is 1. The largest absolute Gasteiger partial charge is 0.460 e. The normalized spacial score (nSPS) is 21.1. The van der Waals surface area contributed by atoms with E-state index in [1.54, 1.807) is 18.9 Å². The average Bonchev–Trinajstić information content (AvgIpc) is 3.58. The summed E-state index contributed by atoms with van der Waals surface area (Å²) in [7, 11) is 1.57. The number of amidine groups is 1. The summed E-state index contributed by atoms with van der Waals surface area (Å²) in [5.74, 6) is 0.840. The Morgan fingerprint density at radius 2 is 2.13 bits per heavy atom. The summed E-state index contributed by atoms with van der Waals surface area (Å²) in [5.41, 5.74) is 2.91. The molecular weight excluding hydrogens is 402 g/mol. The van der Waals surface area contributed by atoms with Gasteiger partial charge in [-0.05, 0) is 43.9 Å². The molecule has 1 aliphatic carbocycles. The number of rotatable bonds is 7. The molecule has 1 saturated heterocycles. The van der Waals surface area contributed by atoms with Crippen LogP contribution >= 0.6 is 11.8 Å². The van der Waals surface area contributed by atoms with Crippen molar-refractivity contribution in [1.82, 2.24) is 4.90 Å². The quantitative estimate of drug-likeness (QED) is 0.529. The standard InChI is InChI=1S/C22H27N3O4S/c1-14-18(21(27)29-11-10-28-2)19(25-9-4-12-30-22(25)23-14)16-5-3-6-17(13-16)24-20(26)15-7-8-15/h3,5-6,13,15,19H,4,7-12H2,1-2H3,(H,24,26). The zero-order valence-corrected chi connectivity index (χ0v) is 18.2. The zero-order chi connectivity index (χ0) is 21.1. The Kier molecular flexibility index (Phi) is 6.43. The predicted molar refractivity (Wildman–Crippen MR) is 117 cm³/mol. The highest BCUT2D eigenvalue weighted by Crippen LogP contribution is 2.40. The summed E-state index contributed by atoms with van der Waals surface area (Å²) in [5, 5.41) is 3.95. The molecule has 4 rings (SSSR count). The molecule has 1 amide bonds. The van der Waals surface area contributed by atoms with E-state index in [0.717, 1.165) is 48.0 Å². The minimum Gasteiger partial charge on any atom is -0.460 e. The summed E-state index contributed by atoms with van der Waals surface area (Å²) in [6.07, 6.45) is 2.93. The summed E-state index contributed by atoms with van der Waals surface area (Å²) in [6, 6.07) is 7.47. The highest BCUT2D eigenvalue weighted by molar-refractivity contribution is 8.13. The molecule has 0 aromatic heterocycles. The minimum absolute atomic E-state index is 0.0671. The third kappa shape index (κ3) is 4.54. The van der Waals surface area contributed by atoms with E-state index in [1.807, 2.05) is 31.2 Å². The van der Waals surface area contributed by atoms with Crippen LogP contribution in [0, 0.1) is 5.92 Å². The van der Waals surface area contributed by atoms with Crippen LogP contribution in [0.5, 0.6) is 0 Å². The monoisotopic (exact) mass is 429 g/mol. The minimum atomic E-state index is -0.375. The van der Waals surface area contributed by atoms with Gasteiger partial charge in [0, 0.05) is 31.0 Å². The molecule has 0 bridgehead atoms. The van der Waals surface area contributed by atoms with Gasteiger partial charge in [-0.15, -0.1) is 0 Å². The smallest absolute Gasteiger partial charge is 0.338 e. The number of nitrogens with zero attached hydrogens (tertiary/aromatic N) is 2. The zero-order valence-electron chi connectivity index (χ0n) is 17.3. The van der Waals surface area contributed by atoms with Crippen LogP contribution in [0.1, 0.15) is 37.8 Å². The maximum absolute atomic E-state index is 13.0. The molecule has 2 heterocycles. The lowest BCUT2D eigenvalue weighted by atomic mass is 9.94. The van der Waals surface area contributed by atoms with Crippen LogP contribution in [0.4, 0.5) is 5.69 Å². The molecule has 1 aromatic rings. The van der Waals surface area contributed by atoms with Gasteiger partial charge in [0.2, 0.25) is 5.91 Å². The number of esters is 1. The molecule has 0 spiro atoms. The summed E-state index contributed by atoms with van der Waals surface area (Å²) >= 11 is 1.71. The Morgan fingerprint density at radius 3 is 2.90 bits per heavy atom. The molecule has 1 atom stereocenters. The second-order valence-electron chi connectivity index (χ2n) is 7.71. The number of carbonyl (C=O) groups excluding carboxylic acids is 2.